The van der Waals surface area contributed by atoms with E-state index in [0.29, 0.717) is 0 Å². The number of hydrogen-bond donors (Lipinski definition) is 1. The standard InChI is InChI=1S/C4H5N3OS/c5-4(8)7-9-2-1-6-3-9/h1-3H,(H2,5,8). The first kappa shape index (κ1) is 6.15. The molecule has 1 rings (SSSR count). The van der Waals surface area contributed by atoms with E-state index in [2.05, 4.69) is 9.36 Å². The maximum Gasteiger partial charge on any atom is 0.344 e. The van der Waals surface area contributed by atoms with Gasteiger partial charge in [0.05, 0.1) is 5.55 Å². The van der Waals surface area contributed by atoms with Crippen LogP contribution in [0.2, 0.25) is 0 Å². The second-order valence-electron chi connectivity index (χ2n) is 1.32. The number of aliphatic imine (C=N–C) groups is 1. The smallest absolute Gasteiger partial charge is 0.344 e. The van der Waals surface area contributed by atoms with Crippen molar-refractivity contribution in [2.24, 2.45) is 15.1 Å². The van der Waals surface area contributed by atoms with Gasteiger partial charge in [-0.25, -0.2) is 4.79 Å². The van der Waals surface area contributed by atoms with Gasteiger partial charge in [0.2, 0.25) is 0 Å². The number of urea groups is 1. The Kier molecular flexibility index (Phi) is 1.74. The fraction of sp³-hybridized carbons (Fsp3) is 0. The molecule has 5 heteroatoms. The first-order valence-corrected chi connectivity index (χ1v) is 3.53. The summed E-state index contributed by atoms with van der Waals surface area (Å²) in [6.07, 6.45) is 1.59. The zero-order chi connectivity index (χ0) is 6.69. The maximum absolute atomic E-state index is 10.1. The van der Waals surface area contributed by atoms with Crippen LogP contribution in [0.15, 0.2) is 21.0 Å². The molecule has 1 heterocycles. The predicted octanol–water partition coefficient (Wildman–Crippen LogP) is 0.380. The third kappa shape index (κ3) is 1.77. The fourth-order valence-corrected chi connectivity index (χ4v) is 1.16. The van der Waals surface area contributed by atoms with Crippen LogP contribution in [-0.4, -0.2) is 11.6 Å². The van der Waals surface area contributed by atoms with E-state index < -0.39 is 16.7 Å². The van der Waals surface area contributed by atoms with E-state index in [9.17, 15) is 4.79 Å². The van der Waals surface area contributed by atoms with E-state index in [0.717, 1.165) is 0 Å². The fourth-order valence-electron chi connectivity index (χ4n) is 0.388. The van der Waals surface area contributed by atoms with Crippen molar-refractivity contribution in [3.05, 3.63) is 11.6 Å². The van der Waals surface area contributed by atoms with Crippen LogP contribution in [0.25, 0.3) is 0 Å². The molecule has 48 valence electrons. The minimum atomic E-state index is -0.642. The molecule has 2 N–H and O–H groups in total. The molecule has 0 spiro atoms. The van der Waals surface area contributed by atoms with E-state index in [1.165, 1.54) is 0 Å². The van der Waals surface area contributed by atoms with Gasteiger partial charge in [-0.2, -0.15) is 4.36 Å². The molecule has 0 radical (unpaired) electrons. The molecule has 2 amide bonds. The Morgan fingerprint density at radius 1 is 1.78 bits per heavy atom. The van der Waals surface area contributed by atoms with Crippen LogP contribution in [0, 0.1) is 0 Å². The van der Waals surface area contributed by atoms with Gasteiger partial charge in [-0.1, -0.05) is 0 Å². The normalized spacial score (nSPS) is 23.3. The number of carbonyl (C=O) groups is 1. The van der Waals surface area contributed by atoms with Crippen LogP contribution < -0.4 is 5.73 Å². The van der Waals surface area contributed by atoms with Gasteiger partial charge in [0, 0.05) is 11.6 Å². The minimum Gasteiger partial charge on any atom is -0.349 e. The van der Waals surface area contributed by atoms with Crippen molar-refractivity contribution < 1.29 is 4.79 Å². The largest absolute Gasteiger partial charge is 0.349 e. The molecule has 1 atom stereocenters. The number of carbonyl (C=O) groups excluding carboxylic acids is 1. The summed E-state index contributed by atoms with van der Waals surface area (Å²) in [6.45, 7) is 0. The molecule has 1 aliphatic heterocycles. The lowest BCUT2D eigenvalue weighted by Crippen LogP contribution is -2.04. The Hall–Kier alpha value is -0.970. The predicted molar refractivity (Wildman–Crippen MR) is 37.0 cm³/mol. The molecule has 0 aromatic heterocycles. The van der Waals surface area contributed by atoms with Crippen LogP contribution in [0.3, 0.4) is 0 Å². The van der Waals surface area contributed by atoms with Crippen LogP contribution in [-0.2, 0) is 10.7 Å². The third-order valence-corrected chi connectivity index (χ3v) is 1.78. The summed E-state index contributed by atoms with van der Waals surface area (Å²) >= 11 is 0. The van der Waals surface area contributed by atoms with Gasteiger partial charge in [0.25, 0.3) is 0 Å². The summed E-state index contributed by atoms with van der Waals surface area (Å²) in [6, 6.07) is -0.642. The highest BCUT2D eigenvalue weighted by molar-refractivity contribution is 8.03. The van der Waals surface area contributed by atoms with Crippen LogP contribution in [0.1, 0.15) is 0 Å². The molecule has 0 aromatic carbocycles. The summed E-state index contributed by atoms with van der Waals surface area (Å²) in [5, 5.41) is 1.71. The topological polar surface area (TPSA) is 67.8 Å². The number of primary amides is 1. The molecule has 0 aromatic rings. The molecule has 0 aliphatic carbocycles. The summed E-state index contributed by atoms with van der Waals surface area (Å²) < 4.78 is 3.51. The highest BCUT2D eigenvalue weighted by atomic mass is 32.2. The van der Waals surface area contributed by atoms with E-state index in [-0.39, 0.29) is 0 Å². The number of amides is 2. The molecule has 0 saturated carbocycles. The average Bonchev–Trinajstić information content (AvgIpc) is 2.15. The van der Waals surface area contributed by atoms with Gasteiger partial charge in [-0.15, -0.1) is 0 Å². The van der Waals surface area contributed by atoms with Crippen LogP contribution in [0.5, 0.6) is 0 Å². The second-order valence-corrected chi connectivity index (χ2v) is 2.68. The van der Waals surface area contributed by atoms with E-state index in [1.54, 1.807) is 17.2 Å². The average molecular weight is 143 g/mol. The van der Waals surface area contributed by atoms with Gasteiger partial charge in [0.1, 0.15) is 0 Å². The highest BCUT2D eigenvalue weighted by Gasteiger charge is 1.93. The Morgan fingerprint density at radius 2 is 2.56 bits per heavy atom. The van der Waals surface area contributed by atoms with Crippen molar-refractivity contribution in [1.29, 1.82) is 0 Å². The van der Waals surface area contributed by atoms with E-state index in [1.807, 2.05) is 0 Å². The van der Waals surface area contributed by atoms with Crippen LogP contribution >= 0.6 is 0 Å². The van der Waals surface area contributed by atoms with Crippen molar-refractivity contribution in [2.75, 3.05) is 0 Å². The number of rotatable bonds is 0. The third-order valence-electron chi connectivity index (χ3n) is 0.651. The molecule has 0 saturated heterocycles. The monoisotopic (exact) mass is 143 g/mol. The molecule has 4 nitrogen and oxygen atoms in total. The van der Waals surface area contributed by atoms with Crippen molar-refractivity contribution in [3.8, 4) is 0 Å². The van der Waals surface area contributed by atoms with Gasteiger partial charge < -0.3 is 5.73 Å². The zero-order valence-electron chi connectivity index (χ0n) is 4.52. The van der Waals surface area contributed by atoms with Crippen LogP contribution in [0.4, 0.5) is 4.79 Å². The zero-order valence-corrected chi connectivity index (χ0v) is 5.34. The van der Waals surface area contributed by atoms with E-state index >= 15 is 0 Å². The number of nitrogens with two attached hydrogens (primary N) is 1. The second kappa shape index (κ2) is 2.54. The van der Waals surface area contributed by atoms with Gasteiger partial charge in [-0.05, 0) is 10.7 Å². The molecule has 9 heavy (non-hydrogen) atoms. The van der Waals surface area contributed by atoms with Crippen molar-refractivity contribution in [3.63, 3.8) is 0 Å². The lowest BCUT2D eigenvalue weighted by atomic mass is 11.1. The Labute approximate surface area is 54.6 Å². The van der Waals surface area contributed by atoms with Crippen molar-refractivity contribution >= 4 is 22.3 Å². The molecular weight excluding hydrogens is 138 g/mol. The summed E-state index contributed by atoms with van der Waals surface area (Å²) in [5.74, 6) is 0. The summed E-state index contributed by atoms with van der Waals surface area (Å²) in [7, 11) is -0.479. The van der Waals surface area contributed by atoms with Crippen molar-refractivity contribution in [2.45, 2.75) is 0 Å². The number of nitrogens with zero attached hydrogens (tertiary/aromatic N) is 2. The van der Waals surface area contributed by atoms with E-state index in [4.69, 9.17) is 5.73 Å². The lowest BCUT2D eigenvalue weighted by Gasteiger charge is -1.82. The van der Waals surface area contributed by atoms with Gasteiger partial charge in [-0.3, -0.25) is 4.99 Å². The Morgan fingerprint density at radius 3 is 3.00 bits per heavy atom. The minimum absolute atomic E-state index is 0.479. The first-order valence-electron chi connectivity index (χ1n) is 2.22. The SMILES string of the molecule is NC(=O)N=S1C=CN=C1. The highest BCUT2D eigenvalue weighted by Crippen LogP contribution is 1.95. The lowest BCUT2D eigenvalue weighted by molar-refractivity contribution is 0.257. The quantitative estimate of drug-likeness (QED) is 0.523. The molecular formula is C4H5N3OS. The number of hydrogen-bond acceptors (Lipinski definition) is 2. The molecule has 1 aliphatic rings. The maximum atomic E-state index is 10.1. The molecule has 0 fully saturated rings. The van der Waals surface area contributed by atoms with Gasteiger partial charge >= 0.3 is 6.03 Å². The Bertz CT molecular complexity index is 204. The summed E-state index contributed by atoms with van der Waals surface area (Å²) in [4.78, 5) is 13.8. The first-order chi connectivity index (χ1) is 4.29. The van der Waals surface area contributed by atoms with Crippen molar-refractivity contribution in [1.82, 2.24) is 0 Å². The molecule has 0 bridgehead atoms. The van der Waals surface area contributed by atoms with Gasteiger partial charge in [0.15, 0.2) is 0 Å². The summed E-state index contributed by atoms with van der Waals surface area (Å²) in [5.41, 5.74) is 6.35. The Balaban J connectivity index is 2.73. The molecule has 1 unspecified atom stereocenters.